The predicted molar refractivity (Wildman–Crippen MR) is 69.5 cm³/mol. The average Bonchev–Trinajstić information content (AvgIpc) is 2.36. The van der Waals surface area contributed by atoms with Gasteiger partial charge in [0.1, 0.15) is 5.75 Å². The number of ether oxygens (including phenoxy) is 2. The van der Waals surface area contributed by atoms with Crippen LogP contribution in [0.5, 0.6) is 5.75 Å². The zero-order chi connectivity index (χ0) is 13.5. The Hall–Kier alpha value is -1.33. The summed E-state index contributed by atoms with van der Waals surface area (Å²) in [6, 6.07) is 4.72. The van der Waals surface area contributed by atoms with Crippen LogP contribution in [0.1, 0.15) is 12.0 Å². The molecule has 1 rings (SSSR count). The van der Waals surface area contributed by atoms with Crippen molar-refractivity contribution in [2.75, 3.05) is 20.8 Å². The summed E-state index contributed by atoms with van der Waals surface area (Å²) in [4.78, 5) is 10.3. The van der Waals surface area contributed by atoms with E-state index in [-0.39, 0.29) is 11.1 Å². The molecule has 0 saturated carbocycles. The summed E-state index contributed by atoms with van der Waals surface area (Å²) in [5.74, 6) is 0.483. The molecule has 5 nitrogen and oxygen atoms in total. The van der Waals surface area contributed by atoms with E-state index in [0.717, 1.165) is 5.56 Å². The molecule has 1 atom stereocenters. The third-order valence-corrected chi connectivity index (χ3v) is 2.84. The topological polar surface area (TPSA) is 61.6 Å². The van der Waals surface area contributed by atoms with E-state index in [0.29, 0.717) is 25.2 Å². The lowest BCUT2D eigenvalue weighted by molar-refractivity contribution is -0.385. The van der Waals surface area contributed by atoms with Crippen molar-refractivity contribution in [3.8, 4) is 5.75 Å². The van der Waals surface area contributed by atoms with Crippen molar-refractivity contribution >= 4 is 17.3 Å². The molecule has 0 aliphatic heterocycles. The molecule has 0 fully saturated rings. The first kappa shape index (κ1) is 14.7. The Balaban J connectivity index is 2.75. The second kappa shape index (κ2) is 7.18. The van der Waals surface area contributed by atoms with Crippen LogP contribution in [0.4, 0.5) is 5.69 Å². The molecule has 1 aromatic carbocycles. The summed E-state index contributed by atoms with van der Waals surface area (Å²) in [7, 11) is 3.07. The molecule has 0 radical (unpaired) electrons. The Bertz CT molecular complexity index is 411. The van der Waals surface area contributed by atoms with E-state index < -0.39 is 4.92 Å². The summed E-state index contributed by atoms with van der Waals surface area (Å²) < 4.78 is 9.97. The molecular weight excluding hydrogens is 258 g/mol. The number of non-ortho nitro benzene ring substituents is 1. The molecule has 18 heavy (non-hydrogen) atoms. The number of nitrogens with zero attached hydrogens (tertiary/aromatic N) is 1. The van der Waals surface area contributed by atoms with Gasteiger partial charge in [0.2, 0.25) is 0 Å². The molecule has 0 aliphatic rings. The van der Waals surface area contributed by atoms with Gasteiger partial charge in [0.05, 0.1) is 30.1 Å². The highest BCUT2D eigenvalue weighted by Crippen LogP contribution is 2.24. The van der Waals surface area contributed by atoms with Crippen LogP contribution in [0.3, 0.4) is 0 Å². The SMILES string of the molecule is COCC(Cl)CCc1cc(OC)cc([N+](=O)[O-])c1. The summed E-state index contributed by atoms with van der Waals surface area (Å²) in [5, 5.41) is 10.7. The number of benzene rings is 1. The first-order valence-corrected chi connectivity index (χ1v) is 5.95. The molecule has 1 aromatic rings. The number of hydrogen-bond donors (Lipinski definition) is 0. The van der Waals surface area contributed by atoms with Gasteiger partial charge < -0.3 is 9.47 Å². The van der Waals surface area contributed by atoms with Gasteiger partial charge in [0, 0.05) is 13.2 Å². The van der Waals surface area contributed by atoms with E-state index in [4.69, 9.17) is 21.1 Å². The predicted octanol–water partition coefficient (Wildman–Crippen LogP) is 2.79. The van der Waals surface area contributed by atoms with E-state index in [1.54, 1.807) is 19.2 Å². The van der Waals surface area contributed by atoms with Crippen molar-refractivity contribution in [2.24, 2.45) is 0 Å². The molecule has 0 aromatic heterocycles. The van der Waals surface area contributed by atoms with Crippen LogP contribution in [0.25, 0.3) is 0 Å². The number of aryl methyl sites for hydroxylation is 1. The third kappa shape index (κ3) is 4.50. The minimum atomic E-state index is -0.431. The van der Waals surface area contributed by atoms with Crippen molar-refractivity contribution in [3.63, 3.8) is 0 Å². The third-order valence-electron chi connectivity index (χ3n) is 2.49. The van der Waals surface area contributed by atoms with Gasteiger partial charge in [0.15, 0.2) is 0 Å². The second-order valence-electron chi connectivity index (χ2n) is 3.89. The number of methoxy groups -OCH3 is 2. The minimum absolute atomic E-state index is 0.0298. The molecule has 6 heteroatoms. The minimum Gasteiger partial charge on any atom is -0.496 e. The maximum atomic E-state index is 10.8. The largest absolute Gasteiger partial charge is 0.496 e. The first-order valence-electron chi connectivity index (χ1n) is 5.52. The molecule has 0 spiro atoms. The van der Waals surface area contributed by atoms with Gasteiger partial charge in [0.25, 0.3) is 5.69 Å². The number of nitro benzene ring substituents is 1. The van der Waals surface area contributed by atoms with Gasteiger partial charge in [-0.05, 0) is 24.5 Å². The summed E-state index contributed by atoms with van der Waals surface area (Å²) in [5.41, 5.74) is 0.866. The van der Waals surface area contributed by atoms with E-state index in [1.807, 2.05) is 0 Å². The van der Waals surface area contributed by atoms with Gasteiger partial charge in [-0.15, -0.1) is 11.6 Å². The van der Waals surface area contributed by atoms with Crippen LogP contribution in [0.2, 0.25) is 0 Å². The van der Waals surface area contributed by atoms with Crippen molar-refractivity contribution in [1.82, 2.24) is 0 Å². The van der Waals surface area contributed by atoms with Crippen molar-refractivity contribution in [1.29, 1.82) is 0 Å². The lowest BCUT2D eigenvalue weighted by atomic mass is 10.1. The number of hydrogen-bond acceptors (Lipinski definition) is 4. The molecule has 0 heterocycles. The van der Waals surface area contributed by atoms with Gasteiger partial charge in [-0.3, -0.25) is 10.1 Å². The molecule has 0 bridgehead atoms. The fraction of sp³-hybridized carbons (Fsp3) is 0.500. The van der Waals surface area contributed by atoms with Crippen LogP contribution in [-0.2, 0) is 11.2 Å². The first-order chi connectivity index (χ1) is 8.56. The number of rotatable bonds is 7. The number of nitro groups is 1. The second-order valence-corrected chi connectivity index (χ2v) is 4.50. The monoisotopic (exact) mass is 273 g/mol. The molecule has 0 amide bonds. The number of alkyl halides is 1. The van der Waals surface area contributed by atoms with Gasteiger partial charge in [-0.1, -0.05) is 0 Å². The highest BCUT2D eigenvalue weighted by atomic mass is 35.5. The summed E-state index contributed by atoms with van der Waals surface area (Å²) in [6.07, 6.45) is 1.34. The van der Waals surface area contributed by atoms with Gasteiger partial charge in [-0.2, -0.15) is 0 Å². The fourth-order valence-corrected chi connectivity index (χ4v) is 1.83. The fourth-order valence-electron chi connectivity index (χ4n) is 1.60. The van der Waals surface area contributed by atoms with E-state index in [9.17, 15) is 10.1 Å². The van der Waals surface area contributed by atoms with Crippen molar-refractivity contribution in [2.45, 2.75) is 18.2 Å². The Kier molecular flexibility index (Phi) is 5.88. The molecule has 0 aliphatic carbocycles. The normalized spacial score (nSPS) is 12.2. The Labute approximate surface area is 111 Å². The molecule has 0 saturated heterocycles. The zero-order valence-electron chi connectivity index (χ0n) is 10.4. The van der Waals surface area contributed by atoms with Gasteiger partial charge in [-0.25, -0.2) is 0 Å². The Morgan fingerprint density at radius 2 is 2.11 bits per heavy atom. The smallest absolute Gasteiger partial charge is 0.273 e. The maximum Gasteiger partial charge on any atom is 0.273 e. The van der Waals surface area contributed by atoms with Crippen LogP contribution in [0.15, 0.2) is 18.2 Å². The number of halogens is 1. The Morgan fingerprint density at radius 3 is 2.67 bits per heavy atom. The van der Waals surface area contributed by atoms with Crippen LogP contribution in [0, 0.1) is 10.1 Å². The van der Waals surface area contributed by atoms with E-state index in [1.165, 1.54) is 13.2 Å². The Morgan fingerprint density at radius 1 is 1.39 bits per heavy atom. The lowest BCUT2D eigenvalue weighted by Crippen LogP contribution is -2.08. The highest BCUT2D eigenvalue weighted by molar-refractivity contribution is 6.20. The van der Waals surface area contributed by atoms with Crippen LogP contribution >= 0.6 is 11.6 Å². The van der Waals surface area contributed by atoms with E-state index >= 15 is 0 Å². The van der Waals surface area contributed by atoms with Crippen LogP contribution in [-0.4, -0.2) is 31.1 Å². The van der Waals surface area contributed by atoms with Crippen molar-refractivity contribution < 1.29 is 14.4 Å². The molecule has 0 N–H and O–H groups in total. The average molecular weight is 274 g/mol. The van der Waals surface area contributed by atoms with Crippen LogP contribution < -0.4 is 4.74 Å². The zero-order valence-corrected chi connectivity index (χ0v) is 11.1. The van der Waals surface area contributed by atoms with Gasteiger partial charge >= 0.3 is 0 Å². The quantitative estimate of drug-likeness (QED) is 0.435. The summed E-state index contributed by atoms with van der Waals surface area (Å²) >= 11 is 6.02. The molecular formula is C12H16ClNO4. The maximum absolute atomic E-state index is 10.8. The van der Waals surface area contributed by atoms with Crippen molar-refractivity contribution in [3.05, 3.63) is 33.9 Å². The lowest BCUT2D eigenvalue weighted by Gasteiger charge is -2.09. The highest BCUT2D eigenvalue weighted by Gasteiger charge is 2.11. The standard InChI is InChI=1S/C12H16ClNO4/c1-17-8-10(13)4-3-9-5-11(14(15)16)7-12(6-9)18-2/h5-7,10H,3-4,8H2,1-2H3. The van der Waals surface area contributed by atoms with E-state index in [2.05, 4.69) is 0 Å². The summed E-state index contributed by atoms with van der Waals surface area (Å²) in [6.45, 7) is 0.466. The molecule has 100 valence electrons. The molecule has 1 unspecified atom stereocenters.